The molecule has 1 fully saturated rings. The molecule has 1 aromatic carbocycles. The molecule has 2 aromatic rings. The summed E-state index contributed by atoms with van der Waals surface area (Å²) in [5.74, 6) is 0. The summed E-state index contributed by atoms with van der Waals surface area (Å²) in [6, 6.07) is 9.84. The number of ether oxygens (including phenoxy) is 1. The first-order valence-corrected chi connectivity index (χ1v) is 7.47. The van der Waals surface area contributed by atoms with E-state index in [1.165, 1.54) is 11.3 Å². The molecule has 0 radical (unpaired) electrons. The normalized spacial score (nSPS) is 19.1. The van der Waals surface area contributed by atoms with Crippen LogP contribution in [0.1, 0.15) is 16.6 Å². The average Bonchev–Trinajstić information content (AvgIpc) is 2.92. The van der Waals surface area contributed by atoms with Crippen molar-refractivity contribution in [1.82, 2.24) is 4.98 Å². The Morgan fingerprint density at radius 1 is 1.40 bits per heavy atom. The van der Waals surface area contributed by atoms with E-state index < -0.39 is 0 Å². The van der Waals surface area contributed by atoms with E-state index in [1.54, 1.807) is 0 Å². The van der Waals surface area contributed by atoms with Crippen molar-refractivity contribution in [2.75, 3.05) is 24.6 Å². The lowest BCUT2D eigenvalue weighted by atomic mass is 10.1. The highest BCUT2D eigenvalue weighted by atomic mass is 32.1. The van der Waals surface area contributed by atoms with E-state index in [0.717, 1.165) is 35.8 Å². The largest absolute Gasteiger partial charge is 0.375 e. The van der Waals surface area contributed by atoms with Crippen LogP contribution in [0.5, 0.6) is 0 Å². The molecule has 0 spiro atoms. The SMILES string of the molecule is CC1CN(c2nc(-c3ccccc3)c(C=O)s2)CCO1. The van der Waals surface area contributed by atoms with Gasteiger partial charge in [-0.15, -0.1) is 0 Å². The van der Waals surface area contributed by atoms with Crippen LogP contribution in [0.25, 0.3) is 11.3 Å². The zero-order valence-electron chi connectivity index (χ0n) is 11.3. The second kappa shape index (κ2) is 5.73. The van der Waals surface area contributed by atoms with Crippen LogP contribution in [-0.2, 0) is 4.74 Å². The number of hydrogen-bond acceptors (Lipinski definition) is 5. The number of benzene rings is 1. The standard InChI is InChI=1S/C15H16N2O2S/c1-11-9-17(7-8-19-11)15-16-14(13(10-18)20-15)12-5-3-2-4-6-12/h2-6,10-11H,7-9H2,1H3. The van der Waals surface area contributed by atoms with Gasteiger partial charge in [-0.1, -0.05) is 41.7 Å². The molecule has 5 heteroatoms. The van der Waals surface area contributed by atoms with Gasteiger partial charge in [0.05, 0.1) is 23.3 Å². The number of hydrogen-bond donors (Lipinski definition) is 0. The Labute approximate surface area is 122 Å². The third-order valence-corrected chi connectivity index (χ3v) is 4.35. The zero-order chi connectivity index (χ0) is 13.9. The molecule has 1 unspecified atom stereocenters. The molecule has 0 amide bonds. The Hall–Kier alpha value is -1.72. The van der Waals surface area contributed by atoms with Crippen LogP contribution in [0.15, 0.2) is 30.3 Å². The number of aldehydes is 1. The van der Waals surface area contributed by atoms with Crippen molar-refractivity contribution in [3.8, 4) is 11.3 Å². The Bertz CT molecular complexity index is 597. The molecule has 2 heterocycles. The van der Waals surface area contributed by atoms with Crippen molar-refractivity contribution < 1.29 is 9.53 Å². The molecule has 0 saturated carbocycles. The molecule has 1 aromatic heterocycles. The van der Waals surface area contributed by atoms with Gasteiger partial charge in [-0.05, 0) is 6.92 Å². The highest BCUT2D eigenvalue weighted by molar-refractivity contribution is 7.17. The molecule has 1 aliphatic rings. The van der Waals surface area contributed by atoms with E-state index in [-0.39, 0.29) is 6.10 Å². The molecule has 104 valence electrons. The van der Waals surface area contributed by atoms with Crippen molar-refractivity contribution in [1.29, 1.82) is 0 Å². The van der Waals surface area contributed by atoms with Gasteiger partial charge in [-0.25, -0.2) is 4.98 Å². The Balaban J connectivity index is 1.94. The molecule has 0 N–H and O–H groups in total. The van der Waals surface area contributed by atoms with Crippen LogP contribution in [0.3, 0.4) is 0 Å². The lowest BCUT2D eigenvalue weighted by Crippen LogP contribution is -2.41. The van der Waals surface area contributed by atoms with E-state index in [0.29, 0.717) is 11.5 Å². The van der Waals surface area contributed by atoms with Crippen LogP contribution < -0.4 is 4.90 Å². The molecule has 3 rings (SSSR count). The Kier molecular flexibility index (Phi) is 3.80. The fraction of sp³-hybridized carbons (Fsp3) is 0.333. The number of aromatic nitrogens is 1. The predicted molar refractivity (Wildman–Crippen MR) is 80.6 cm³/mol. The van der Waals surface area contributed by atoms with Crippen molar-refractivity contribution in [3.05, 3.63) is 35.2 Å². The number of rotatable bonds is 3. The summed E-state index contributed by atoms with van der Waals surface area (Å²) in [5, 5.41) is 0.904. The summed E-state index contributed by atoms with van der Waals surface area (Å²) in [4.78, 5) is 18.8. The molecule has 0 aliphatic carbocycles. The first-order valence-electron chi connectivity index (χ1n) is 6.66. The van der Waals surface area contributed by atoms with E-state index in [9.17, 15) is 4.79 Å². The molecular formula is C15H16N2O2S. The summed E-state index contributed by atoms with van der Waals surface area (Å²) in [5.41, 5.74) is 1.76. The second-order valence-corrected chi connectivity index (χ2v) is 5.83. The van der Waals surface area contributed by atoms with Gasteiger partial charge in [0.15, 0.2) is 11.4 Å². The van der Waals surface area contributed by atoms with Crippen molar-refractivity contribution >= 4 is 22.8 Å². The molecule has 0 bridgehead atoms. The van der Waals surface area contributed by atoms with Crippen LogP contribution in [0.2, 0.25) is 0 Å². The van der Waals surface area contributed by atoms with Gasteiger partial charge in [-0.3, -0.25) is 4.79 Å². The lowest BCUT2D eigenvalue weighted by molar-refractivity contribution is 0.0532. The fourth-order valence-corrected chi connectivity index (χ4v) is 3.27. The van der Waals surface area contributed by atoms with E-state index in [4.69, 9.17) is 4.74 Å². The van der Waals surface area contributed by atoms with Crippen LogP contribution in [0, 0.1) is 0 Å². The van der Waals surface area contributed by atoms with Gasteiger partial charge >= 0.3 is 0 Å². The highest BCUT2D eigenvalue weighted by Gasteiger charge is 2.22. The van der Waals surface area contributed by atoms with Crippen molar-refractivity contribution in [2.24, 2.45) is 0 Å². The van der Waals surface area contributed by atoms with Gasteiger partial charge in [-0.2, -0.15) is 0 Å². The zero-order valence-corrected chi connectivity index (χ0v) is 12.1. The third-order valence-electron chi connectivity index (χ3n) is 3.31. The molecular weight excluding hydrogens is 272 g/mol. The van der Waals surface area contributed by atoms with Crippen LogP contribution >= 0.6 is 11.3 Å². The summed E-state index contributed by atoms with van der Waals surface area (Å²) in [7, 11) is 0. The number of carbonyl (C=O) groups excluding carboxylic acids is 1. The number of carbonyl (C=O) groups is 1. The lowest BCUT2D eigenvalue weighted by Gasteiger charge is -2.30. The van der Waals surface area contributed by atoms with E-state index in [1.807, 2.05) is 30.3 Å². The van der Waals surface area contributed by atoms with Crippen LogP contribution in [-0.4, -0.2) is 37.1 Å². The summed E-state index contributed by atoms with van der Waals surface area (Å²) < 4.78 is 5.54. The van der Waals surface area contributed by atoms with Gasteiger partial charge in [0.1, 0.15) is 0 Å². The third kappa shape index (κ3) is 2.59. The number of thiazole rings is 1. The Morgan fingerprint density at radius 2 is 2.20 bits per heavy atom. The maximum Gasteiger partial charge on any atom is 0.186 e. The Morgan fingerprint density at radius 3 is 2.90 bits per heavy atom. The molecule has 1 saturated heterocycles. The summed E-state index contributed by atoms with van der Waals surface area (Å²) in [6.45, 7) is 4.40. The maximum absolute atomic E-state index is 11.3. The minimum Gasteiger partial charge on any atom is -0.375 e. The second-order valence-electron chi connectivity index (χ2n) is 4.82. The first-order chi connectivity index (χ1) is 9.78. The number of morpholine rings is 1. The maximum atomic E-state index is 11.3. The topological polar surface area (TPSA) is 42.4 Å². The average molecular weight is 288 g/mol. The van der Waals surface area contributed by atoms with E-state index in [2.05, 4.69) is 16.8 Å². The van der Waals surface area contributed by atoms with Crippen LogP contribution in [0.4, 0.5) is 5.13 Å². The first kappa shape index (κ1) is 13.3. The quantitative estimate of drug-likeness (QED) is 0.815. The monoisotopic (exact) mass is 288 g/mol. The van der Waals surface area contributed by atoms with Gasteiger partial charge in [0, 0.05) is 18.7 Å². The number of nitrogens with zero attached hydrogens (tertiary/aromatic N) is 2. The fourth-order valence-electron chi connectivity index (χ4n) is 2.33. The summed E-state index contributed by atoms with van der Waals surface area (Å²) >= 11 is 1.45. The van der Waals surface area contributed by atoms with Crippen molar-refractivity contribution in [2.45, 2.75) is 13.0 Å². The predicted octanol–water partition coefficient (Wildman–Crippen LogP) is 2.85. The van der Waals surface area contributed by atoms with Gasteiger partial charge < -0.3 is 9.64 Å². The van der Waals surface area contributed by atoms with E-state index >= 15 is 0 Å². The van der Waals surface area contributed by atoms with Gasteiger partial charge in [0.25, 0.3) is 0 Å². The van der Waals surface area contributed by atoms with Crippen molar-refractivity contribution in [3.63, 3.8) is 0 Å². The minimum absolute atomic E-state index is 0.201. The minimum atomic E-state index is 0.201. The number of anilines is 1. The highest BCUT2D eigenvalue weighted by Crippen LogP contribution is 2.32. The molecule has 1 aliphatic heterocycles. The smallest absolute Gasteiger partial charge is 0.186 e. The molecule has 20 heavy (non-hydrogen) atoms. The summed E-state index contributed by atoms with van der Waals surface area (Å²) in [6.07, 6.45) is 1.10. The van der Waals surface area contributed by atoms with Gasteiger partial charge in [0.2, 0.25) is 0 Å². The molecule has 1 atom stereocenters. The molecule has 4 nitrogen and oxygen atoms in total.